The SMILES string of the molecule is CCC1(CNc2ncc(C(=O)O)cc2[N+](=O)[O-])CCC1. The Balaban J connectivity index is 2.18. The summed E-state index contributed by atoms with van der Waals surface area (Å²) in [7, 11) is 0. The lowest BCUT2D eigenvalue weighted by atomic mass is 9.67. The van der Waals surface area contributed by atoms with E-state index in [0.29, 0.717) is 6.54 Å². The topological polar surface area (TPSA) is 105 Å². The van der Waals surface area contributed by atoms with E-state index in [2.05, 4.69) is 17.2 Å². The van der Waals surface area contributed by atoms with Gasteiger partial charge in [0, 0.05) is 18.8 Å². The highest BCUT2D eigenvalue weighted by atomic mass is 16.6. The van der Waals surface area contributed by atoms with E-state index in [-0.39, 0.29) is 22.5 Å². The summed E-state index contributed by atoms with van der Waals surface area (Å²) in [5.74, 6) is -1.09. The molecule has 0 atom stereocenters. The molecule has 1 heterocycles. The zero-order chi connectivity index (χ0) is 14.8. The largest absolute Gasteiger partial charge is 0.478 e. The van der Waals surface area contributed by atoms with Crippen molar-refractivity contribution in [2.24, 2.45) is 5.41 Å². The second-order valence-corrected chi connectivity index (χ2v) is 5.21. The van der Waals surface area contributed by atoms with Crippen LogP contribution < -0.4 is 5.32 Å². The molecule has 1 saturated carbocycles. The van der Waals surface area contributed by atoms with Crippen molar-refractivity contribution in [2.75, 3.05) is 11.9 Å². The van der Waals surface area contributed by atoms with Crippen LogP contribution in [0.3, 0.4) is 0 Å². The average Bonchev–Trinajstić information content (AvgIpc) is 2.37. The number of nitrogens with one attached hydrogen (secondary N) is 1. The number of nitrogens with zero attached hydrogens (tertiary/aromatic N) is 2. The van der Waals surface area contributed by atoms with Crippen molar-refractivity contribution in [3.8, 4) is 0 Å². The lowest BCUT2D eigenvalue weighted by Crippen LogP contribution is -2.36. The molecule has 0 aliphatic heterocycles. The first-order valence-electron chi connectivity index (χ1n) is 6.59. The smallest absolute Gasteiger partial charge is 0.337 e. The van der Waals surface area contributed by atoms with Gasteiger partial charge in [0.2, 0.25) is 5.82 Å². The molecule has 20 heavy (non-hydrogen) atoms. The van der Waals surface area contributed by atoms with Gasteiger partial charge in [0.05, 0.1) is 10.5 Å². The second kappa shape index (κ2) is 5.44. The number of aromatic nitrogens is 1. The van der Waals surface area contributed by atoms with Crippen molar-refractivity contribution in [3.05, 3.63) is 27.9 Å². The van der Waals surface area contributed by atoms with Gasteiger partial charge in [-0.2, -0.15) is 0 Å². The normalized spacial score (nSPS) is 16.2. The molecule has 0 unspecified atom stereocenters. The second-order valence-electron chi connectivity index (χ2n) is 5.21. The first-order chi connectivity index (χ1) is 9.47. The van der Waals surface area contributed by atoms with Crippen LogP contribution in [0.25, 0.3) is 0 Å². The maximum absolute atomic E-state index is 11.0. The molecule has 2 N–H and O–H groups in total. The van der Waals surface area contributed by atoms with Gasteiger partial charge in [0.1, 0.15) is 0 Å². The highest BCUT2D eigenvalue weighted by molar-refractivity contribution is 5.88. The molecule has 7 heteroatoms. The van der Waals surface area contributed by atoms with Crippen molar-refractivity contribution in [1.29, 1.82) is 0 Å². The Morgan fingerprint density at radius 3 is 2.75 bits per heavy atom. The molecule has 2 rings (SSSR count). The predicted molar refractivity (Wildman–Crippen MR) is 72.9 cm³/mol. The molecule has 0 aromatic carbocycles. The van der Waals surface area contributed by atoms with Crippen LogP contribution in [0.2, 0.25) is 0 Å². The summed E-state index contributed by atoms with van der Waals surface area (Å²) in [6, 6.07) is 1.04. The maximum atomic E-state index is 11.0. The lowest BCUT2D eigenvalue weighted by molar-refractivity contribution is -0.384. The number of carbonyl (C=O) groups is 1. The third-order valence-electron chi connectivity index (χ3n) is 4.11. The summed E-state index contributed by atoms with van der Waals surface area (Å²) >= 11 is 0. The van der Waals surface area contributed by atoms with Gasteiger partial charge in [-0.15, -0.1) is 0 Å². The summed E-state index contributed by atoms with van der Waals surface area (Å²) in [5, 5.41) is 22.9. The first-order valence-corrected chi connectivity index (χ1v) is 6.59. The monoisotopic (exact) mass is 279 g/mol. The van der Waals surface area contributed by atoms with Crippen LogP contribution in [0, 0.1) is 15.5 Å². The van der Waals surface area contributed by atoms with Gasteiger partial charge in [-0.3, -0.25) is 10.1 Å². The fourth-order valence-corrected chi connectivity index (χ4v) is 2.45. The van der Waals surface area contributed by atoms with E-state index in [9.17, 15) is 14.9 Å². The van der Waals surface area contributed by atoms with Gasteiger partial charge in [0.15, 0.2) is 0 Å². The molecule has 1 aromatic heterocycles. The fourth-order valence-electron chi connectivity index (χ4n) is 2.45. The molecule has 108 valence electrons. The van der Waals surface area contributed by atoms with Gasteiger partial charge >= 0.3 is 11.7 Å². The molecule has 0 amide bonds. The Bertz CT molecular complexity index is 535. The third-order valence-corrected chi connectivity index (χ3v) is 4.11. The van der Waals surface area contributed by atoms with E-state index in [0.717, 1.165) is 31.5 Å². The highest BCUT2D eigenvalue weighted by Crippen LogP contribution is 2.43. The molecule has 0 saturated heterocycles. The minimum atomic E-state index is -1.23. The molecule has 1 aliphatic carbocycles. The fraction of sp³-hybridized carbons (Fsp3) is 0.538. The van der Waals surface area contributed by atoms with Gasteiger partial charge in [-0.1, -0.05) is 13.3 Å². The van der Waals surface area contributed by atoms with Crippen LogP contribution >= 0.6 is 0 Å². The Kier molecular flexibility index (Phi) is 3.87. The molecule has 0 spiro atoms. The number of carboxylic acid groups (broad SMARTS) is 1. The maximum Gasteiger partial charge on any atom is 0.337 e. The summed E-state index contributed by atoms with van der Waals surface area (Å²) in [6.07, 6.45) is 5.55. The Morgan fingerprint density at radius 2 is 2.30 bits per heavy atom. The third kappa shape index (κ3) is 2.71. The number of anilines is 1. The quantitative estimate of drug-likeness (QED) is 0.612. The van der Waals surface area contributed by atoms with E-state index in [4.69, 9.17) is 5.11 Å². The number of nitro groups is 1. The Hall–Kier alpha value is -2.18. The molecule has 0 bridgehead atoms. The average molecular weight is 279 g/mol. The molecular weight excluding hydrogens is 262 g/mol. The standard InChI is InChI=1S/C13H17N3O4/c1-2-13(4-3-5-13)8-15-11-10(16(19)20)6-9(7-14-11)12(17)18/h6-7H,2-5,8H2,1H3,(H,14,15)(H,17,18). The molecular formula is C13H17N3O4. The van der Waals surface area contributed by atoms with Crippen molar-refractivity contribution in [3.63, 3.8) is 0 Å². The van der Waals surface area contributed by atoms with E-state index >= 15 is 0 Å². The van der Waals surface area contributed by atoms with Gasteiger partial charge in [-0.25, -0.2) is 9.78 Å². The number of hydrogen-bond acceptors (Lipinski definition) is 5. The van der Waals surface area contributed by atoms with Gasteiger partial charge in [-0.05, 0) is 24.7 Å². The van der Waals surface area contributed by atoms with Gasteiger partial charge < -0.3 is 10.4 Å². The number of carboxylic acids is 1. The molecule has 0 radical (unpaired) electrons. The minimum absolute atomic E-state index is 0.139. The van der Waals surface area contributed by atoms with E-state index in [1.165, 1.54) is 6.42 Å². The van der Waals surface area contributed by atoms with Crippen molar-refractivity contribution in [2.45, 2.75) is 32.6 Å². The van der Waals surface area contributed by atoms with Crippen molar-refractivity contribution in [1.82, 2.24) is 4.98 Å². The number of pyridine rings is 1. The van der Waals surface area contributed by atoms with E-state index in [1.807, 2.05) is 0 Å². The highest BCUT2D eigenvalue weighted by Gasteiger charge is 2.35. The Labute approximate surface area is 116 Å². The summed E-state index contributed by atoms with van der Waals surface area (Å²) in [5.41, 5.74) is -0.285. The molecule has 1 fully saturated rings. The predicted octanol–water partition coefficient (Wildman–Crippen LogP) is 2.68. The van der Waals surface area contributed by atoms with E-state index < -0.39 is 10.9 Å². The lowest BCUT2D eigenvalue weighted by Gasteiger charge is -2.41. The first kappa shape index (κ1) is 14.2. The van der Waals surface area contributed by atoms with Crippen LogP contribution in [0.15, 0.2) is 12.3 Å². The van der Waals surface area contributed by atoms with Gasteiger partial charge in [0.25, 0.3) is 0 Å². The number of rotatable bonds is 6. The van der Waals surface area contributed by atoms with Crippen LogP contribution in [-0.4, -0.2) is 27.5 Å². The molecule has 7 nitrogen and oxygen atoms in total. The zero-order valence-electron chi connectivity index (χ0n) is 11.3. The van der Waals surface area contributed by atoms with Crippen LogP contribution in [0.1, 0.15) is 43.0 Å². The van der Waals surface area contributed by atoms with Crippen molar-refractivity contribution >= 4 is 17.5 Å². The molecule has 1 aliphatic rings. The number of hydrogen-bond donors (Lipinski definition) is 2. The number of aromatic carboxylic acids is 1. The van der Waals surface area contributed by atoms with Crippen LogP contribution in [-0.2, 0) is 0 Å². The Morgan fingerprint density at radius 1 is 1.60 bits per heavy atom. The van der Waals surface area contributed by atoms with Crippen LogP contribution in [0.5, 0.6) is 0 Å². The van der Waals surface area contributed by atoms with Crippen molar-refractivity contribution < 1.29 is 14.8 Å². The minimum Gasteiger partial charge on any atom is -0.478 e. The molecule has 1 aromatic rings. The van der Waals surface area contributed by atoms with E-state index in [1.54, 1.807) is 0 Å². The summed E-state index contributed by atoms with van der Waals surface area (Å²) in [6.45, 7) is 2.74. The zero-order valence-corrected chi connectivity index (χ0v) is 11.3. The summed E-state index contributed by atoms with van der Waals surface area (Å²) < 4.78 is 0. The van der Waals surface area contributed by atoms with Crippen LogP contribution in [0.4, 0.5) is 11.5 Å². The summed E-state index contributed by atoms with van der Waals surface area (Å²) in [4.78, 5) is 25.1.